The van der Waals surface area contributed by atoms with Crippen LogP contribution in [0.3, 0.4) is 0 Å². The molecule has 3 fully saturated rings. The zero-order chi connectivity index (χ0) is 8.51. The molecule has 0 unspecified atom stereocenters. The Morgan fingerprint density at radius 1 is 1.50 bits per heavy atom. The SMILES string of the molecule is C[C@]12[C@H]3CC[C@H](C3)[C@H]1[C@@H]2C(=O)O. The lowest BCUT2D eigenvalue weighted by Gasteiger charge is -2.17. The van der Waals surface area contributed by atoms with Crippen LogP contribution in [0.1, 0.15) is 26.2 Å². The van der Waals surface area contributed by atoms with E-state index >= 15 is 0 Å². The predicted molar refractivity (Wildman–Crippen MR) is 43.6 cm³/mol. The fourth-order valence-corrected chi connectivity index (χ4v) is 4.20. The summed E-state index contributed by atoms with van der Waals surface area (Å²) in [6.45, 7) is 2.19. The average Bonchev–Trinajstić information content (AvgIpc) is 2.40. The Bertz CT molecular complexity index is 261. The fourth-order valence-electron chi connectivity index (χ4n) is 4.20. The molecule has 0 heterocycles. The monoisotopic (exact) mass is 166 g/mol. The van der Waals surface area contributed by atoms with Crippen molar-refractivity contribution in [2.24, 2.45) is 29.1 Å². The second-order valence-corrected chi connectivity index (χ2v) is 4.98. The molecule has 1 N–H and O–H groups in total. The van der Waals surface area contributed by atoms with E-state index < -0.39 is 5.97 Å². The Balaban J connectivity index is 1.95. The largest absolute Gasteiger partial charge is 0.481 e. The maximum absolute atomic E-state index is 10.9. The number of fused-ring (bicyclic) bond motifs is 5. The quantitative estimate of drug-likeness (QED) is 0.644. The molecular formula is C10H14O2. The van der Waals surface area contributed by atoms with Crippen LogP contribution in [0, 0.1) is 29.1 Å². The van der Waals surface area contributed by atoms with Crippen molar-refractivity contribution in [2.45, 2.75) is 26.2 Å². The Morgan fingerprint density at radius 3 is 2.75 bits per heavy atom. The summed E-state index contributed by atoms with van der Waals surface area (Å²) in [5, 5.41) is 8.99. The minimum absolute atomic E-state index is 0.0174. The van der Waals surface area contributed by atoms with Gasteiger partial charge in [0.05, 0.1) is 5.92 Å². The maximum Gasteiger partial charge on any atom is 0.307 e. The number of aliphatic carboxylic acids is 1. The number of carboxylic acid groups (broad SMARTS) is 1. The number of carboxylic acids is 1. The standard InChI is InChI=1S/C10H14O2/c1-10-6-3-2-5(4-6)7(10)8(10)9(11)12/h5-8H,2-4H2,1H3,(H,11,12)/t5-,6+,7+,8-,10+/m1/s1. The molecule has 2 heteroatoms. The van der Waals surface area contributed by atoms with Gasteiger partial charge in [-0.15, -0.1) is 0 Å². The third-order valence-corrected chi connectivity index (χ3v) is 4.77. The van der Waals surface area contributed by atoms with Crippen molar-refractivity contribution in [1.82, 2.24) is 0 Å². The first-order valence-corrected chi connectivity index (χ1v) is 4.88. The third kappa shape index (κ3) is 0.511. The number of carbonyl (C=O) groups is 1. The lowest BCUT2D eigenvalue weighted by atomic mass is 9.88. The molecule has 0 aliphatic heterocycles. The second-order valence-electron chi connectivity index (χ2n) is 4.98. The van der Waals surface area contributed by atoms with Gasteiger partial charge >= 0.3 is 5.97 Å². The molecule has 0 amide bonds. The van der Waals surface area contributed by atoms with Crippen LogP contribution in [0.15, 0.2) is 0 Å². The molecule has 2 bridgehead atoms. The van der Waals surface area contributed by atoms with Crippen molar-refractivity contribution in [3.05, 3.63) is 0 Å². The van der Waals surface area contributed by atoms with E-state index in [0.717, 1.165) is 11.8 Å². The molecule has 0 radical (unpaired) electrons. The molecule has 0 spiro atoms. The van der Waals surface area contributed by atoms with E-state index in [9.17, 15) is 4.79 Å². The molecule has 3 aliphatic carbocycles. The highest BCUT2D eigenvalue weighted by molar-refractivity contribution is 5.76. The first-order chi connectivity index (χ1) is 5.65. The van der Waals surface area contributed by atoms with Crippen molar-refractivity contribution < 1.29 is 9.90 Å². The molecule has 12 heavy (non-hydrogen) atoms. The smallest absolute Gasteiger partial charge is 0.307 e. The number of hydrogen-bond donors (Lipinski definition) is 1. The van der Waals surface area contributed by atoms with Crippen molar-refractivity contribution in [1.29, 1.82) is 0 Å². The fraction of sp³-hybridized carbons (Fsp3) is 0.900. The van der Waals surface area contributed by atoms with Gasteiger partial charge in [-0.3, -0.25) is 4.79 Å². The summed E-state index contributed by atoms with van der Waals surface area (Å²) < 4.78 is 0. The normalized spacial score (nSPS) is 60.1. The minimum Gasteiger partial charge on any atom is -0.481 e. The summed E-state index contributed by atoms with van der Waals surface area (Å²) in [6, 6.07) is 0. The Morgan fingerprint density at radius 2 is 2.25 bits per heavy atom. The molecule has 2 nitrogen and oxygen atoms in total. The first-order valence-electron chi connectivity index (χ1n) is 4.88. The van der Waals surface area contributed by atoms with Crippen molar-refractivity contribution >= 4 is 5.97 Å². The first kappa shape index (κ1) is 6.93. The lowest BCUT2D eigenvalue weighted by molar-refractivity contribution is -0.140. The molecule has 0 aromatic heterocycles. The van der Waals surface area contributed by atoms with Crippen LogP contribution >= 0.6 is 0 Å². The summed E-state index contributed by atoms with van der Waals surface area (Å²) >= 11 is 0. The number of rotatable bonds is 1. The summed E-state index contributed by atoms with van der Waals surface area (Å²) in [5.74, 6) is 1.53. The van der Waals surface area contributed by atoms with E-state index in [-0.39, 0.29) is 11.3 Å². The summed E-state index contributed by atoms with van der Waals surface area (Å²) in [6.07, 6.45) is 3.92. The molecule has 0 aromatic carbocycles. The van der Waals surface area contributed by atoms with Crippen LogP contribution in [0.25, 0.3) is 0 Å². The molecule has 0 saturated heterocycles. The van der Waals surface area contributed by atoms with Crippen LogP contribution < -0.4 is 0 Å². The maximum atomic E-state index is 10.9. The van der Waals surface area contributed by atoms with Crippen LogP contribution in [0.4, 0.5) is 0 Å². The van der Waals surface area contributed by atoms with Crippen molar-refractivity contribution in [3.63, 3.8) is 0 Å². The Hall–Kier alpha value is -0.530. The van der Waals surface area contributed by atoms with Gasteiger partial charge < -0.3 is 5.11 Å². The van der Waals surface area contributed by atoms with Crippen LogP contribution in [-0.4, -0.2) is 11.1 Å². The van der Waals surface area contributed by atoms with Gasteiger partial charge in [0, 0.05) is 0 Å². The average molecular weight is 166 g/mol. The highest BCUT2D eigenvalue weighted by Gasteiger charge is 2.76. The van der Waals surface area contributed by atoms with Gasteiger partial charge in [0.2, 0.25) is 0 Å². The molecule has 3 saturated carbocycles. The Kier molecular flexibility index (Phi) is 0.984. The van der Waals surface area contributed by atoms with Crippen LogP contribution in [0.5, 0.6) is 0 Å². The van der Waals surface area contributed by atoms with Crippen molar-refractivity contribution in [3.8, 4) is 0 Å². The lowest BCUT2D eigenvalue weighted by Crippen LogP contribution is -2.14. The van der Waals surface area contributed by atoms with E-state index in [2.05, 4.69) is 6.92 Å². The van der Waals surface area contributed by atoms with Gasteiger partial charge in [0.15, 0.2) is 0 Å². The van der Waals surface area contributed by atoms with E-state index in [0.29, 0.717) is 5.92 Å². The van der Waals surface area contributed by atoms with Gasteiger partial charge in [0.1, 0.15) is 0 Å². The molecule has 5 atom stereocenters. The van der Waals surface area contributed by atoms with Gasteiger partial charge in [-0.1, -0.05) is 6.92 Å². The van der Waals surface area contributed by atoms with Crippen LogP contribution in [0.2, 0.25) is 0 Å². The van der Waals surface area contributed by atoms with Crippen molar-refractivity contribution in [2.75, 3.05) is 0 Å². The third-order valence-electron chi connectivity index (χ3n) is 4.77. The minimum atomic E-state index is -0.542. The van der Waals surface area contributed by atoms with E-state index in [1.165, 1.54) is 19.3 Å². The highest BCUT2D eigenvalue weighted by atomic mass is 16.4. The summed E-state index contributed by atoms with van der Waals surface area (Å²) in [4.78, 5) is 10.9. The van der Waals surface area contributed by atoms with Gasteiger partial charge in [0.25, 0.3) is 0 Å². The predicted octanol–water partition coefficient (Wildman–Crippen LogP) is 1.75. The summed E-state index contributed by atoms with van der Waals surface area (Å²) in [7, 11) is 0. The molecule has 66 valence electrons. The van der Waals surface area contributed by atoms with E-state index in [1.807, 2.05) is 0 Å². The van der Waals surface area contributed by atoms with Gasteiger partial charge in [-0.2, -0.15) is 0 Å². The van der Waals surface area contributed by atoms with E-state index in [1.54, 1.807) is 0 Å². The molecular weight excluding hydrogens is 152 g/mol. The van der Waals surface area contributed by atoms with Gasteiger partial charge in [-0.05, 0) is 42.4 Å². The molecule has 3 rings (SSSR count). The topological polar surface area (TPSA) is 37.3 Å². The number of hydrogen-bond acceptors (Lipinski definition) is 1. The molecule has 0 aromatic rings. The highest BCUT2D eigenvalue weighted by Crippen LogP contribution is 2.77. The molecule has 3 aliphatic rings. The van der Waals surface area contributed by atoms with E-state index in [4.69, 9.17) is 5.11 Å². The Labute approximate surface area is 72.0 Å². The summed E-state index contributed by atoms with van der Waals surface area (Å²) in [5.41, 5.74) is 0.217. The second kappa shape index (κ2) is 1.70. The zero-order valence-electron chi connectivity index (χ0n) is 7.29. The van der Waals surface area contributed by atoms with Gasteiger partial charge in [-0.25, -0.2) is 0 Å². The zero-order valence-corrected chi connectivity index (χ0v) is 7.29. The van der Waals surface area contributed by atoms with Crippen LogP contribution in [-0.2, 0) is 4.79 Å².